The van der Waals surface area contributed by atoms with Gasteiger partial charge in [0.1, 0.15) is 0 Å². The summed E-state index contributed by atoms with van der Waals surface area (Å²) in [5, 5.41) is 0.271. The number of rotatable bonds is 5. The van der Waals surface area contributed by atoms with Crippen LogP contribution in [0.15, 0.2) is 36.4 Å². The topological polar surface area (TPSA) is 68.3 Å². The fourth-order valence-corrected chi connectivity index (χ4v) is 3.88. The number of carbonyl (C=O) groups is 2. The zero-order chi connectivity index (χ0) is 21.1. The molecule has 1 saturated heterocycles. The van der Waals surface area contributed by atoms with Gasteiger partial charge in [-0.3, -0.25) is 9.69 Å². The van der Waals surface area contributed by atoms with Gasteiger partial charge in [0.15, 0.2) is 18.1 Å². The number of piperazine rings is 1. The number of hydrogen-bond acceptors (Lipinski definition) is 6. The van der Waals surface area contributed by atoms with Crippen molar-refractivity contribution >= 4 is 23.5 Å². The minimum atomic E-state index is -0.623. The minimum Gasteiger partial charge on any atom is -0.454 e. The van der Waals surface area contributed by atoms with Crippen LogP contribution in [0.2, 0.25) is 5.02 Å². The number of benzene rings is 2. The lowest BCUT2D eigenvalue weighted by Crippen LogP contribution is -2.49. The Bertz CT molecular complexity index is 957. The van der Waals surface area contributed by atoms with E-state index in [0.29, 0.717) is 24.6 Å². The number of carbonyl (C=O) groups excluding carboxylic acids is 2. The molecule has 2 aliphatic rings. The molecule has 2 aromatic rings. The highest BCUT2D eigenvalue weighted by Crippen LogP contribution is 2.39. The number of hydrogen-bond donors (Lipinski definition) is 0. The predicted octanol–water partition coefficient (Wildman–Crippen LogP) is 2.88. The Kier molecular flexibility index (Phi) is 6.11. The standard InChI is InChI=1S/C22H23ClN2O5/c1-15-3-2-4-16(9-15)12-24-5-7-25(8-6-24)20(26)13-28-22(27)17-10-18(23)21-19(11-17)29-14-30-21/h2-4,9-11H,5-8,12-14H2,1H3. The molecule has 0 aliphatic carbocycles. The van der Waals surface area contributed by atoms with Gasteiger partial charge in [-0.1, -0.05) is 41.4 Å². The van der Waals surface area contributed by atoms with E-state index in [1.54, 1.807) is 4.90 Å². The van der Waals surface area contributed by atoms with Crippen molar-refractivity contribution in [1.82, 2.24) is 9.80 Å². The number of ether oxygens (including phenoxy) is 3. The Morgan fingerprint density at radius 2 is 1.90 bits per heavy atom. The molecule has 0 atom stereocenters. The van der Waals surface area contributed by atoms with Gasteiger partial charge in [0.2, 0.25) is 6.79 Å². The lowest BCUT2D eigenvalue weighted by atomic mass is 10.1. The molecule has 0 unspecified atom stereocenters. The second-order valence-electron chi connectivity index (χ2n) is 7.41. The molecule has 2 aromatic carbocycles. The van der Waals surface area contributed by atoms with Gasteiger partial charge in [0.05, 0.1) is 10.6 Å². The number of amides is 1. The third-order valence-electron chi connectivity index (χ3n) is 5.20. The van der Waals surface area contributed by atoms with Crippen molar-refractivity contribution in [2.45, 2.75) is 13.5 Å². The van der Waals surface area contributed by atoms with E-state index in [4.69, 9.17) is 25.8 Å². The van der Waals surface area contributed by atoms with Gasteiger partial charge in [-0.05, 0) is 24.6 Å². The molecule has 7 nitrogen and oxygen atoms in total. The van der Waals surface area contributed by atoms with Gasteiger partial charge in [0, 0.05) is 32.7 Å². The Hall–Kier alpha value is -2.77. The Morgan fingerprint density at radius 3 is 2.67 bits per heavy atom. The van der Waals surface area contributed by atoms with E-state index >= 15 is 0 Å². The number of fused-ring (bicyclic) bond motifs is 1. The van der Waals surface area contributed by atoms with E-state index in [2.05, 4.69) is 36.1 Å². The van der Waals surface area contributed by atoms with Crippen LogP contribution in [0.1, 0.15) is 21.5 Å². The zero-order valence-electron chi connectivity index (χ0n) is 16.7. The average molecular weight is 431 g/mol. The van der Waals surface area contributed by atoms with Crippen molar-refractivity contribution in [3.8, 4) is 11.5 Å². The number of halogens is 1. The highest BCUT2D eigenvalue weighted by atomic mass is 35.5. The molecular formula is C22H23ClN2O5. The van der Waals surface area contributed by atoms with Crippen molar-refractivity contribution in [2.75, 3.05) is 39.6 Å². The van der Waals surface area contributed by atoms with Gasteiger partial charge in [-0.15, -0.1) is 0 Å². The third kappa shape index (κ3) is 4.68. The van der Waals surface area contributed by atoms with E-state index in [-0.39, 0.29) is 29.9 Å². The molecule has 0 spiro atoms. The second kappa shape index (κ2) is 8.93. The minimum absolute atomic E-state index is 0.0574. The first-order valence-corrected chi connectivity index (χ1v) is 10.2. The summed E-state index contributed by atoms with van der Waals surface area (Å²) in [6, 6.07) is 11.4. The SMILES string of the molecule is Cc1cccc(CN2CCN(C(=O)COC(=O)c3cc(Cl)c4c(c3)OCO4)CC2)c1. The smallest absolute Gasteiger partial charge is 0.338 e. The van der Waals surface area contributed by atoms with Gasteiger partial charge >= 0.3 is 5.97 Å². The zero-order valence-corrected chi connectivity index (χ0v) is 17.5. The lowest BCUT2D eigenvalue weighted by molar-refractivity contribution is -0.136. The molecule has 2 heterocycles. The van der Waals surface area contributed by atoms with E-state index in [9.17, 15) is 9.59 Å². The first-order valence-electron chi connectivity index (χ1n) is 9.81. The van der Waals surface area contributed by atoms with Crippen LogP contribution in [0.4, 0.5) is 0 Å². The number of esters is 1. The van der Waals surface area contributed by atoms with Gasteiger partial charge in [0.25, 0.3) is 5.91 Å². The van der Waals surface area contributed by atoms with Crippen LogP contribution >= 0.6 is 11.6 Å². The normalized spacial score (nSPS) is 15.9. The number of aryl methyl sites for hydroxylation is 1. The van der Waals surface area contributed by atoms with Crippen molar-refractivity contribution < 1.29 is 23.8 Å². The second-order valence-corrected chi connectivity index (χ2v) is 7.82. The molecular weight excluding hydrogens is 408 g/mol. The van der Waals surface area contributed by atoms with E-state index in [0.717, 1.165) is 19.6 Å². The van der Waals surface area contributed by atoms with Crippen molar-refractivity contribution in [2.24, 2.45) is 0 Å². The molecule has 4 rings (SSSR count). The Morgan fingerprint density at radius 1 is 1.10 bits per heavy atom. The molecule has 8 heteroatoms. The van der Waals surface area contributed by atoms with Crippen molar-refractivity contribution in [1.29, 1.82) is 0 Å². The Labute approximate surface area is 180 Å². The summed E-state index contributed by atoms with van der Waals surface area (Å²) in [7, 11) is 0. The van der Waals surface area contributed by atoms with Crippen LogP contribution in [0.3, 0.4) is 0 Å². The molecule has 158 valence electrons. The molecule has 0 radical (unpaired) electrons. The fraction of sp³-hybridized carbons (Fsp3) is 0.364. The number of nitrogens with zero attached hydrogens (tertiary/aromatic N) is 2. The van der Waals surface area contributed by atoms with Crippen LogP contribution in [-0.4, -0.2) is 61.3 Å². The van der Waals surface area contributed by atoms with Crippen LogP contribution < -0.4 is 9.47 Å². The van der Waals surface area contributed by atoms with Crippen molar-refractivity contribution in [3.05, 3.63) is 58.1 Å². The van der Waals surface area contributed by atoms with Gasteiger partial charge in [-0.2, -0.15) is 0 Å². The molecule has 1 amide bonds. The predicted molar refractivity (Wildman–Crippen MR) is 111 cm³/mol. The summed E-state index contributed by atoms with van der Waals surface area (Å²) in [5.41, 5.74) is 2.73. The quantitative estimate of drug-likeness (QED) is 0.679. The maximum atomic E-state index is 12.5. The maximum Gasteiger partial charge on any atom is 0.338 e. The maximum absolute atomic E-state index is 12.5. The summed E-state index contributed by atoms with van der Waals surface area (Å²) in [5.74, 6) is -0.0228. The molecule has 0 N–H and O–H groups in total. The third-order valence-corrected chi connectivity index (χ3v) is 5.48. The molecule has 0 bridgehead atoms. The summed E-state index contributed by atoms with van der Waals surface area (Å²) >= 11 is 6.09. The Balaban J connectivity index is 1.25. The molecule has 0 saturated carbocycles. The highest BCUT2D eigenvalue weighted by Gasteiger charge is 2.24. The van der Waals surface area contributed by atoms with Gasteiger partial charge in [-0.25, -0.2) is 4.79 Å². The first kappa shape index (κ1) is 20.5. The molecule has 0 aromatic heterocycles. The summed E-state index contributed by atoms with van der Waals surface area (Å²) < 4.78 is 15.7. The van der Waals surface area contributed by atoms with Crippen LogP contribution in [0.5, 0.6) is 11.5 Å². The van der Waals surface area contributed by atoms with Crippen LogP contribution in [0, 0.1) is 6.92 Å². The summed E-state index contributed by atoms with van der Waals surface area (Å²) in [4.78, 5) is 28.8. The first-order chi connectivity index (χ1) is 14.5. The van der Waals surface area contributed by atoms with Gasteiger partial charge < -0.3 is 19.1 Å². The largest absolute Gasteiger partial charge is 0.454 e. The monoisotopic (exact) mass is 430 g/mol. The molecule has 30 heavy (non-hydrogen) atoms. The fourth-order valence-electron chi connectivity index (χ4n) is 3.61. The summed E-state index contributed by atoms with van der Waals surface area (Å²) in [6.45, 7) is 5.49. The van der Waals surface area contributed by atoms with E-state index in [1.807, 2.05) is 0 Å². The lowest BCUT2D eigenvalue weighted by Gasteiger charge is -2.34. The van der Waals surface area contributed by atoms with Crippen LogP contribution in [0.25, 0.3) is 0 Å². The van der Waals surface area contributed by atoms with Crippen molar-refractivity contribution in [3.63, 3.8) is 0 Å². The van der Waals surface area contributed by atoms with E-state index < -0.39 is 5.97 Å². The average Bonchev–Trinajstić information content (AvgIpc) is 3.22. The van der Waals surface area contributed by atoms with E-state index in [1.165, 1.54) is 23.3 Å². The summed E-state index contributed by atoms with van der Waals surface area (Å²) in [6.07, 6.45) is 0. The van der Waals surface area contributed by atoms with Crippen LogP contribution in [-0.2, 0) is 16.1 Å². The highest BCUT2D eigenvalue weighted by molar-refractivity contribution is 6.32. The molecule has 1 fully saturated rings. The molecule has 2 aliphatic heterocycles.